The second kappa shape index (κ2) is 4.70. The van der Waals surface area contributed by atoms with Crippen LogP contribution in [-0.2, 0) is 4.79 Å². The van der Waals surface area contributed by atoms with Crippen molar-refractivity contribution in [1.82, 2.24) is 5.32 Å². The second-order valence-corrected chi connectivity index (χ2v) is 4.56. The maximum absolute atomic E-state index is 12.4. The molecule has 1 saturated heterocycles. The first-order valence-corrected chi connectivity index (χ1v) is 6.22. The monoisotopic (exact) mass is 267 g/mol. The van der Waals surface area contributed by atoms with Gasteiger partial charge in [-0.1, -0.05) is 30.3 Å². The van der Waals surface area contributed by atoms with Crippen LogP contribution in [0.5, 0.6) is 0 Å². The average Bonchev–Trinajstić information content (AvgIpc) is 2.76. The van der Waals surface area contributed by atoms with E-state index in [1.807, 2.05) is 30.3 Å². The van der Waals surface area contributed by atoms with Crippen LogP contribution in [0.1, 0.15) is 11.6 Å². The number of nitrogens with one attached hydrogen (secondary N) is 1. The van der Waals surface area contributed by atoms with Crippen molar-refractivity contribution in [3.8, 4) is 0 Å². The summed E-state index contributed by atoms with van der Waals surface area (Å²) in [6, 6.07) is 14.7. The second-order valence-electron chi connectivity index (χ2n) is 4.56. The van der Waals surface area contributed by atoms with Crippen LogP contribution in [0, 0.1) is 0 Å². The third-order valence-electron chi connectivity index (χ3n) is 3.22. The number of anilines is 2. The van der Waals surface area contributed by atoms with E-state index < -0.39 is 12.1 Å². The lowest BCUT2D eigenvalue weighted by atomic mass is 10.1. The number of benzene rings is 2. The van der Waals surface area contributed by atoms with E-state index in [1.54, 1.807) is 24.3 Å². The van der Waals surface area contributed by atoms with Gasteiger partial charge in [0.15, 0.2) is 0 Å². The number of imide groups is 1. The first kappa shape index (κ1) is 12.2. The predicted octanol–water partition coefficient (Wildman–Crippen LogP) is 2.07. The highest BCUT2D eigenvalue weighted by molar-refractivity contribution is 6.21. The quantitative estimate of drug-likeness (QED) is 0.646. The topological polar surface area (TPSA) is 75.4 Å². The number of carbonyl (C=O) groups is 2. The minimum absolute atomic E-state index is 0.286. The smallest absolute Gasteiger partial charge is 0.329 e. The molecule has 1 heterocycles. The van der Waals surface area contributed by atoms with Crippen molar-refractivity contribution in [3.63, 3.8) is 0 Å². The number of amides is 3. The summed E-state index contributed by atoms with van der Waals surface area (Å²) in [5.74, 6) is -0.286. The Morgan fingerprint density at radius 3 is 2.25 bits per heavy atom. The maximum Gasteiger partial charge on any atom is 0.329 e. The Morgan fingerprint density at radius 2 is 1.60 bits per heavy atom. The van der Waals surface area contributed by atoms with Crippen LogP contribution in [-0.4, -0.2) is 11.9 Å². The molecule has 5 heteroatoms. The highest BCUT2D eigenvalue weighted by Gasteiger charge is 2.39. The Bertz CT molecular complexity index is 653. The van der Waals surface area contributed by atoms with Crippen molar-refractivity contribution in [2.45, 2.75) is 6.04 Å². The molecule has 20 heavy (non-hydrogen) atoms. The van der Waals surface area contributed by atoms with Crippen LogP contribution in [0.15, 0.2) is 54.6 Å². The summed E-state index contributed by atoms with van der Waals surface area (Å²) in [4.78, 5) is 25.6. The zero-order valence-corrected chi connectivity index (χ0v) is 10.6. The molecule has 0 saturated carbocycles. The number of hydrogen-bond acceptors (Lipinski definition) is 3. The minimum Gasteiger partial charge on any atom is -0.399 e. The van der Waals surface area contributed by atoms with Crippen LogP contribution in [0.25, 0.3) is 0 Å². The molecule has 3 N–H and O–H groups in total. The molecule has 0 radical (unpaired) electrons. The van der Waals surface area contributed by atoms with Gasteiger partial charge < -0.3 is 11.1 Å². The van der Waals surface area contributed by atoms with Crippen molar-refractivity contribution in [2.24, 2.45) is 0 Å². The van der Waals surface area contributed by atoms with Gasteiger partial charge in [0.05, 0.1) is 5.69 Å². The first-order valence-electron chi connectivity index (χ1n) is 6.22. The van der Waals surface area contributed by atoms with Gasteiger partial charge in [-0.2, -0.15) is 0 Å². The number of rotatable bonds is 2. The summed E-state index contributed by atoms with van der Waals surface area (Å²) in [6.07, 6.45) is 0. The van der Waals surface area contributed by atoms with Crippen molar-refractivity contribution in [3.05, 3.63) is 60.2 Å². The van der Waals surface area contributed by atoms with Gasteiger partial charge in [0, 0.05) is 5.69 Å². The lowest BCUT2D eigenvalue weighted by molar-refractivity contribution is -0.118. The van der Waals surface area contributed by atoms with Crippen molar-refractivity contribution >= 4 is 23.3 Å². The molecule has 2 aromatic carbocycles. The summed E-state index contributed by atoms with van der Waals surface area (Å²) < 4.78 is 0. The molecule has 0 spiro atoms. The standard InChI is InChI=1S/C15H13N3O2/c16-11-6-8-12(9-7-11)18-14(19)13(17-15(18)20)10-4-2-1-3-5-10/h1-9,13H,16H2,(H,17,20)/t13-/m1/s1. The Balaban J connectivity index is 1.93. The van der Waals surface area contributed by atoms with Gasteiger partial charge in [0.1, 0.15) is 6.04 Å². The summed E-state index contributed by atoms with van der Waals surface area (Å²) in [5, 5.41) is 2.69. The minimum atomic E-state index is -0.638. The molecule has 2 aromatic rings. The van der Waals surface area contributed by atoms with E-state index in [9.17, 15) is 9.59 Å². The number of carbonyl (C=O) groups excluding carboxylic acids is 2. The largest absolute Gasteiger partial charge is 0.399 e. The molecule has 5 nitrogen and oxygen atoms in total. The van der Waals surface area contributed by atoms with Gasteiger partial charge >= 0.3 is 6.03 Å². The van der Waals surface area contributed by atoms with Gasteiger partial charge in [0.2, 0.25) is 0 Å². The maximum atomic E-state index is 12.4. The SMILES string of the molecule is Nc1ccc(N2C(=O)N[C@H](c3ccccc3)C2=O)cc1. The van der Waals surface area contributed by atoms with E-state index >= 15 is 0 Å². The van der Waals surface area contributed by atoms with E-state index in [1.165, 1.54) is 0 Å². The average molecular weight is 267 g/mol. The van der Waals surface area contributed by atoms with Gasteiger partial charge in [0.25, 0.3) is 5.91 Å². The van der Waals surface area contributed by atoms with Crippen LogP contribution < -0.4 is 16.0 Å². The number of urea groups is 1. The molecular formula is C15H13N3O2. The normalized spacial score (nSPS) is 18.2. The van der Waals surface area contributed by atoms with Crippen LogP contribution >= 0.6 is 0 Å². The fourth-order valence-corrected chi connectivity index (χ4v) is 2.22. The highest BCUT2D eigenvalue weighted by atomic mass is 16.2. The van der Waals surface area contributed by atoms with Crippen LogP contribution in [0.2, 0.25) is 0 Å². The summed E-state index contributed by atoms with van der Waals surface area (Å²) >= 11 is 0. The van der Waals surface area contributed by atoms with Gasteiger partial charge in [-0.15, -0.1) is 0 Å². The van der Waals surface area contributed by atoms with E-state index in [4.69, 9.17) is 5.73 Å². The van der Waals surface area contributed by atoms with Gasteiger partial charge in [-0.05, 0) is 29.8 Å². The van der Waals surface area contributed by atoms with E-state index in [2.05, 4.69) is 5.32 Å². The molecule has 3 amide bonds. The first-order chi connectivity index (χ1) is 9.66. The molecule has 0 aromatic heterocycles. The Morgan fingerprint density at radius 1 is 0.950 bits per heavy atom. The van der Waals surface area contributed by atoms with E-state index in [-0.39, 0.29) is 5.91 Å². The molecule has 0 unspecified atom stereocenters. The molecule has 100 valence electrons. The third-order valence-corrected chi connectivity index (χ3v) is 3.22. The zero-order chi connectivity index (χ0) is 14.1. The summed E-state index contributed by atoms with van der Waals surface area (Å²) in [5.41, 5.74) is 7.47. The summed E-state index contributed by atoms with van der Waals surface area (Å²) in [6.45, 7) is 0. The molecule has 3 rings (SSSR count). The molecule has 1 fully saturated rings. The fraction of sp³-hybridized carbons (Fsp3) is 0.0667. The molecule has 1 aliphatic heterocycles. The zero-order valence-electron chi connectivity index (χ0n) is 10.6. The van der Waals surface area contributed by atoms with Crippen LogP contribution in [0.4, 0.5) is 16.2 Å². The third kappa shape index (κ3) is 1.99. The molecule has 1 atom stereocenters. The molecule has 0 aliphatic carbocycles. The summed E-state index contributed by atoms with van der Waals surface area (Å²) in [7, 11) is 0. The molecule has 0 bridgehead atoms. The molecule has 1 aliphatic rings. The van der Waals surface area contributed by atoms with E-state index in [0.29, 0.717) is 11.4 Å². The number of nitrogen functional groups attached to an aromatic ring is 1. The number of nitrogens with two attached hydrogens (primary N) is 1. The van der Waals surface area contributed by atoms with E-state index in [0.717, 1.165) is 10.5 Å². The lowest BCUT2D eigenvalue weighted by Crippen LogP contribution is -2.30. The van der Waals surface area contributed by atoms with Crippen molar-refractivity contribution in [1.29, 1.82) is 0 Å². The fourth-order valence-electron chi connectivity index (χ4n) is 2.22. The predicted molar refractivity (Wildman–Crippen MR) is 76.1 cm³/mol. The van der Waals surface area contributed by atoms with Gasteiger partial charge in [-0.25, -0.2) is 9.69 Å². The Labute approximate surface area is 116 Å². The van der Waals surface area contributed by atoms with Crippen molar-refractivity contribution < 1.29 is 9.59 Å². The van der Waals surface area contributed by atoms with Crippen molar-refractivity contribution in [2.75, 3.05) is 10.6 Å². The molecular weight excluding hydrogens is 254 g/mol. The number of nitrogens with zero attached hydrogens (tertiary/aromatic N) is 1. The highest BCUT2D eigenvalue weighted by Crippen LogP contribution is 2.27. The van der Waals surface area contributed by atoms with Gasteiger partial charge in [-0.3, -0.25) is 4.79 Å². The Hall–Kier alpha value is -2.82. The lowest BCUT2D eigenvalue weighted by Gasteiger charge is -2.13. The van der Waals surface area contributed by atoms with Crippen LogP contribution in [0.3, 0.4) is 0 Å². The number of hydrogen-bond donors (Lipinski definition) is 2. The Kier molecular flexibility index (Phi) is 2.87.